The Morgan fingerprint density at radius 2 is 1.82 bits per heavy atom. The van der Waals surface area contributed by atoms with Crippen LogP contribution in [0.15, 0.2) is 12.1 Å². The maximum Gasteiger partial charge on any atom is 0.154 e. The van der Waals surface area contributed by atoms with Crippen molar-refractivity contribution in [2.24, 2.45) is 0 Å². The van der Waals surface area contributed by atoms with E-state index in [1.165, 1.54) is 12.1 Å². The Morgan fingerprint density at radius 1 is 1.27 bits per heavy atom. The molecule has 58 valence electrons. The molecule has 1 nitrogen and oxygen atoms in total. The van der Waals surface area contributed by atoms with Gasteiger partial charge in [0.1, 0.15) is 0 Å². The Morgan fingerprint density at radius 3 is 2.27 bits per heavy atom. The molecule has 0 aliphatic rings. The second kappa shape index (κ2) is 3.20. The summed E-state index contributed by atoms with van der Waals surface area (Å²) in [4.78, 5) is 10.2. The fourth-order valence-corrected chi connectivity index (χ4v) is 1.01. The molecule has 1 rings (SSSR count). The lowest BCUT2D eigenvalue weighted by Crippen LogP contribution is -1.89. The third-order valence-corrected chi connectivity index (χ3v) is 1.82. The standard InChI is InChI=1S/C7H3Cl2FO/c8-5-1-2-6(9)7(10)4(5)3-11/h1-3H. The quantitative estimate of drug-likeness (QED) is 0.494. The number of halogens is 3. The average Bonchev–Trinajstić information content (AvgIpc) is 1.99. The van der Waals surface area contributed by atoms with Gasteiger partial charge in [0, 0.05) is 0 Å². The Kier molecular flexibility index (Phi) is 2.47. The van der Waals surface area contributed by atoms with Crippen LogP contribution in [0.2, 0.25) is 10.0 Å². The van der Waals surface area contributed by atoms with E-state index >= 15 is 0 Å². The molecule has 11 heavy (non-hydrogen) atoms. The minimum absolute atomic E-state index is 0.0712. The monoisotopic (exact) mass is 192 g/mol. The minimum Gasteiger partial charge on any atom is -0.298 e. The summed E-state index contributed by atoms with van der Waals surface area (Å²) in [5, 5.41) is -0.0293. The van der Waals surface area contributed by atoms with Gasteiger partial charge in [-0.15, -0.1) is 0 Å². The molecule has 0 aliphatic heterocycles. The molecule has 0 unspecified atom stereocenters. The van der Waals surface area contributed by atoms with Gasteiger partial charge in [-0.2, -0.15) is 0 Å². The normalized spacial score (nSPS) is 9.73. The number of benzene rings is 1. The highest BCUT2D eigenvalue weighted by Gasteiger charge is 2.09. The van der Waals surface area contributed by atoms with Crippen LogP contribution in [-0.4, -0.2) is 6.29 Å². The van der Waals surface area contributed by atoms with Gasteiger partial charge in [-0.25, -0.2) is 4.39 Å². The fraction of sp³-hybridized carbons (Fsp3) is 0. The van der Waals surface area contributed by atoms with Crippen LogP contribution >= 0.6 is 23.2 Å². The van der Waals surface area contributed by atoms with E-state index in [0.29, 0.717) is 6.29 Å². The van der Waals surface area contributed by atoms with Crippen molar-refractivity contribution < 1.29 is 9.18 Å². The number of hydrogen-bond donors (Lipinski definition) is 0. The Hall–Kier alpha value is -0.600. The minimum atomic E-state index is -0.769. The molecule has 1 aromatic rings. The summed E-state index contributed by atoms with van der Waals surface area (Å²) in [7, 11) is 0. The summed E-state index contributed by atoms with van der Waals surface area (Å²) in [6.07, 6.45) is 0.337. The van der Waals surface area contributed by atoms with Crippen LogP contribution in [0.4, 0.5) is 4.39 Å². The van der Waals surface area contributed by atoms with Gasteiger partial charge >= 0.3 is 0 Å². The van der Waals surface area contributed by atoms with Crippen molar-refractivity contribution >= 4 is 29.5 Å². The Bertz CT molecular complexity index is 299. The molecule has 0 N–H and O–H groups in total. The first-order valence-electron chi connectivity index (χ1n) is 2.75. The molecule has 0 heterocycles. The van der Waals surface area contributed by atoms with Crippen molar-refractivity contribution in [1.29, 1.82) is 0 Å². The Labute approximate surface area is 72.7 Å². The van der Waals surface area contributed by atoms with Crippen LogP contribution in [0.3, 0.4) is 0 Å². The van der Waals surface area contributed by atoms with E-state index in [9.17, 15) is 9.18 Å². The van der Waals surface area contributed by atoms with Gasteiger partial charge in [-0.1, -0.05) is 23.2 Å². The molecule has 0 saturated carbocycles. The first kappa shape index (κ1) is 8.50. The van der Waals surface area contributed by atoms with E-state index in [1.54, 1.807) is 0 Å². The third-order valence-electron chi connectivity index (χ3n) is 1.20. The van der Waals surface area contributed by atoms with Gasteiger partial charge in [0.25, 0.3) is 0 Å². The van der Waals surface area contributed by atoms with Crippen molar-refractivity contribution in [3.63, 3.8) is 0 Å². The summed E-state index contributed by atoms with van der Waals surface area (Å²) in [5.74, 6) is -0.769. The summed E-state index contributed by atoms with van der Waals surface area (Å²) < 4.78 is 12.8. The number of rotatable bonds is 1. The zero-order valence-corrected chi connectivity index (χ0v) is 6.79. The second-order valence-electron chi connectivity index (χ2n) is 1.87. The van der Waals surface area contributed by atoms with Gasteiger partial charge in [0.05, 0.1) is 15.6 Å². The number of hydrogen-bond acceptors (Lipinski definition) is 1. The molecular formula is C7H3Cl2FO. The molecule has 0 amide bonds. The maximum atomic E-state index is 12.8. The first-order valence-corrected chi connectivity index (χ1v) is 3.51. The van der Waals surface area contributed by atoms with Crippen LogP contribution < -0.4 is 0 Å². The van der Waals surface area contributed by atoms with Gasteiger partial charge in [-0.3, -0.25) is 4.79 Å². The van der Waals surface area contributed by atoms with E-state index in [4.69, 9.17) is 23.2 Å². The molecule has 0 bridgehead atoms. The van der Waals surface area contributed by atoms with Crippen LogP contribution in [-0.2, 0) is 0 Å². The highest BCUT2D eigenvalue weighted by atomic mass is 35.5. The molecule has 4 heteroatoms. The lowest BCUT2D eigenvalue weighted by Gasteiger charge is -1.98. The summed E-state index contributed by atoms with van der Waals surface area (Å²) in [6, 6.07) is 2.67. The van der Waals surface area contributed by atoms with Crippen molar-refractivity contribution in [3.8, 4) is 0 Å². The average molecular weight is 193 g/mol. The smallest absolute Gasteiger partial charge is 0.154 e. The van der Waals surface area contributed by atoms with E-state index in [1.807, 2.05) is 0 Å². The fourth-order valence-electron chi connectivity index (χ4n) is 0.651. The lowest BCUT2D eigenvalue weighted by molar-refractivity contribution is 0.112. The molecule has 0 radical (unpaired) electrons. The Balaban J connectivity index is 3.40. The van der Waals surface area contributed by atoms with Gasteiger partial charge < -0.3 is 0 Å². The molecular weight excluding hydrogens is 190 g/mol. The van der Waals surface area contributed by atoms with E-state index in [2.05, 4.69) is 0 Å². The highest BCUT2D eigenvalue weighted by Crippen LogP contribution is 2.23. The lowest BCUT2D eigenvalue weighted by atomic mass is 10.2. The van der Waals surface area contributed by atoms with Crippen LogP contribution in [0.1, 0.15) is 10.4 Å². The number of aldehydes is 1. The molecule has 0 atom stereocenters. The number of carbonyl (C=O) groups is 1. The molecule has 0 spiro atoms. The van der Waals surface area contributed by atoms with Crippen LogP contribution in [0, 0.1) is 5.82 Å². The predicted octanol–water partition coefficient (Wildman–Crippen LogP) is 2.95. The zero-order chi connectivity index (χ0) is 8.43. The highest BCUT2D eigenvalue weighted by molar-refractivity contribution is 6.35. The summed E-state index contributed by atoms with van der Waals surface area (Å²) >= 11 is 10.8. The summed E-state index contributed by atoms with van der Waals surface area (Å²) in [5.41, 5.74) is -0.195. The van der Waals surface area contributed by atoms with E-state index < -0.39 is 5.82 Å². The molecule has 1 aromatic carbocycles. The van der Waals surface area contributed by atoms with Gasteiger partial charge in [0.2, 0.25) is 0 Å². The van der Waals surface area contributed by atoms with Crippen molar-refractivity contribution in [1.82, 2.24) is 0 Å². The largest absolute Gasteiger partial charge is 0.298 e. The van der Waals surface area contributed by atoms with E-state index in [0.717, 1.165) is 0 Å². The second-order valence-corrected chi connectivity index (χ2v) is 2.69. The molecule has 0 saturated heterocycles. The zero-order valence-electron chi connectivity index (χ0n) is 5.27. The van der Waals surface area contributed by atoms with Crippen molar-refractivity contribution in [3.05, 3.63) is 33.6 Å². The van der Waals surface area contributed by atoms with Crippen LogP contribution in [0.25, 0.3) is 0 Å². The van der Waals surface area contributed by atoms with Gasteiger partial charge in [0.15, 0.2) is 12.1 Å². The SMILES string of the molecule is O=Cc1c(Cl)ccc(Cl)c1F. The third kappa shape index (κ3) is 1.52. The topological polar surface area (TPSA) is 17.1 Å². The molecule has 0 fully saturated rings. The summed E-state index contributed by atoms with van der Waals surface area (Å²) in [6.45, 7) is 0. The van der Waals surface area contributed by atoms with E-state index in [-0.39, 0.29) is 15.6 Å². The van der Waals surface area contributed by atoms with Crippen LogP contribution in [0.5, 0.6) is 0 Å². The molecule has 0 aromatic heterocycles. The molecule has 0 aliphatic carbocycles. The first-order chi connectivity index (χ1) is 5.16. The predicted molar refractivity (Wildman–Crippen MR) is 41.8 cm³/mol. The van der Waals surface area contributed by atoms with Crippen molar-refractivity contribution in [2.45, 2.75) is 0 Å². The maximum absolute atomic E-state index is 12.8. The van der Waals surface area contributed by atoms with Crippen molar-refractivity contribution in [2.75, 3.05) is 0 Å². The number of carbonyl (C=O) groups excluding carboxylic acids is 1. The van der Waals surface area contributed by atoms with Gasteiger partial charge in [-0.05, 0) is 12.1 Å².